The van der Waals surface area contributed by atoms with Crippen LogP contribution in [0.1, 0.15) is 68.9 Å². The maximum Gasteiger partial charge on any atom is 0.253 e. The first-order chi connectivity index (χ1) is 15.2. The molecule has 5 heteroatoms. The van der Waals surface area contributed by atoms with Gasteiger partial charge in [0.1, 0.15) is 0 Å². The van der Waals surface area contributed by atoms with Crippen LogP contribution in [0.25, 0.3) is 11.0 Å². The summed E-state index contributed by atoms with van der Waals surface area (Å²) in [5, 5.41) is 3.58. The van der Waals surface area contributed by atoms with Crippen LogP contribution in [0, 0.1) is 11.3 Å². The zero-order chi connectivity index (χ0) is 23.0. The van der Waals surface area contributed by atoms with Gasteiger partial charge in [-0.1, -0.05) is 39.8 Å². The predicted octanol–water partition coefficient (Wildman–Crippen LogP) is 6.43. The highest BCUT2D eigenvalue weighted by Gasteiger charge is 2.34. The molecule has 32 heavy (non-hydrogen) atoms. The van der Waals surface area contributed by atoms with Crippen molar-refractivity contribution in [3.8, 4) is 0 Å². The van der Waals surface area contributed by atoms with Crippen molar-refractivity contribution in [2.24, 2.45) is 11.3 Å². The number of imidazole rings is 1. The first-order valence-electron chi connectivity index (χ1n) is 11.8. The van der Waals surface area contributed by atoms with E-state index in [1.807, 2.05) is 12.1 Å². The summed E-state index contributed by atoms with van der Waals surface area (Å²) in [7, 11) is 3.56. The van der Waals surface area contributed by atoms with Crippen LogP contribution < -0.4 is 5.32 Å². The fraction of sp³-hybridized carbons (Fsp3) is 0.481. The highest BCUT2D eigenvalue weighted by atomic mass is 16.2. The second-order valence-electron chi connectivity index (χ2n) is 10.5. The molecule has 1 heterocycles. The molecule has 0 saturated heterocycles. The molecule has 5 nitrogen and oxygen atoms in total. The van der Waals surface area contributed by atoms with Gasteiger partial charge < -0.3 is 14.8 Å². The van der Waals surface area contributed by atoms with Gasteiger partial charge in [-0.15, -0.1) is 0 Å². The number of nitrogens with zero attached hydrogens (tertiary/aromatic N) is 3. The van der Waals surface area contributed by atoms with Gasteiger partial charge in [0.2, 0.25) is 5.95 Å². The van der Waals surface area contributed by atoms with E-state index in [1.165, 1.54) is 12.0 Å². The third-order valence-electron chi connectivity index (χ3n) is 6.69. The zero-order valence-corrected chi connectivity index (χ0v) is 20.3. The normalized spacial score (nSPS) is 20.3. The summed E-state index contributed by atoms with van der Waals surface area (Å²) >= 11 is 0. The van der Waals surface area contributed by atoms with Crippen LogP contribution in [0.3, 0.4) is 0 Å². The van der Waals surface area contributed by atoms with E-state index in [2.05, 4.69) is 67.9 Å². The monoisotopic (exact) mass is 432 g/mol. The maximum atomic E-state index is 12.5. The fourth-order valence-corrected chi connectivity index (χ4v) is 5.39. The Kier molecular flexibility index (Phi) is 6.02. The Hall–Kier alpha value is -2.82. The van der Waals surface area contributed by atoms with Crippen LogP contribution >= 0.6 is 0 Å². The lowest BCUT2D eigenvalue weighted by Gasteiger charge is -2.40. The first kappa shape index (κ1) is 22.4. The quantitative estimate of drug-likeness (QED) is 0.505. The Morgan fingerprint density at radius 3 is 2.50 bits per heavy atom. The average Bonchev–Trinajstić information content (AvgIpc) is 3.09. The van der Waals surface area contributed by atoms with Gasteiger partial charge in [-0.25, -0.2) is 4.98 Å². The summed E-state index contributed by atoms with van der Waals surface area (Å²) < 4.78 is 2.38. The molecule has 0 aliphatic heterocycles. The van der Waals surface area contributed by atoms with Crippen molar-refractivity contribution >= 4 is 28.6 Å². The van der Waals surface area contributed by atoms with Gasteiger partial charge >= 0.3 is 0 Å². The number of amides is 1. The predicted molar refractivity (Wildman–Crippen MR) is 133 cm³/mol. The van der Waals surface area contributed by atoms with Crippen LogP contribution in [0.5, 0.6) is 0 Å². The van der Waals surface area contributed by atoms with Crippen LogP contribution in [0.4, 0.5) is 11.6 Å². The molecule has 2 atom stereocenters. The van der Waals surface area contributed by atoms with Gasteiger partial charge in [0.05, 0.1) is 11.0 Å². The number of nitrogens with one attached hydrogen (secondary N) is 1. The van der Waals surface area contributed by atoms with Gasteiger partial charge in [0.15, 0.2) is 0 Å². The lowest BCUT2D eigenvalue weighted by molar-refractivity contribution is 0.0827. The van der Waals surface area contributed by atoms with Gasteiger partial charge in [0.25, 0.3) is 5.91 Å². The number of anilines is 2. The van der Waals surface area contributed by atoms with E-state index >= 15 is 0 Å². The van der Waals surface area contributed by atoms with E-state index in [9.17, 15) is 4.79 Å². The number of fused-ring (bicyclic) bond motifs is 1. The number of aryl methyl sites for hydroxylation is 1. The molecule has 2 aromatic carbocycles. The Morgan fingerprint density at radius 2 is 1.88 bits per heavy atom. The van der Waals surface area contributed by atoms with E-state index in [4.69, 9.17) is 4.98 Å². The van der Waals surface area contributed by atoms with Crippen molar-refractivity contribution in [3.63, 3.8) is 0 Å². The number of aromatic nitrogens is 2. The lowest BCUT2D eigenvalue weighted by atomic mass is 9.70. The molecule has 0 bridgehead atoms. The summed E-state index contributed by atoms with van der Waals surface area (Å²) in [5.74, 6) is 1.51. The highest BCUT2D eigenvalue weighted by molar-refractivity contribution is 5.97. The van der Waals surface area contributed by atoms with Crippen molar-refractivity contribution in [2.75, 3.05) is 19.4 Å². The number of carbonyl (C=O) groups is 1. The van der Waals surface area contributed by atoms with Crippen molar-refractivity contribution in [3.05, 3.63) is 53.6 Å². The van der Waals surface area contributed by atoms with E-state index in [0.29, 0.717) is 22.9 Å². The van der Waals surface area contributed by atoms with Gasteiger partial charge in [-0.2, -0.15) is 0 Å². The molecule has 1 N–H and O–H groups in total. The minimum absolute atomic E-state index is 0.00136. The summed E-state index contributed by atoms with van der Waals surface area (Å²) in [6.45, 7) is 9.27. The van der Waals surface area contributed by atoms with Crippen LogP contribution in [0.2, 0.25) is 0 Å². The third-order valence-corrected chi connectivity index (χ3v) is 6.69. The molecule has 1 saturated carbocycles. The molecule has 1 aromatic heterocycles. The van der Waals surface area contributed by atoms with Crippen LogP contribution in [-0.4, -0.2) is 34.5 Å². The molecular weight excluding hydrogens is 396 g/mol. The highest BCUT2D eigenvalue weighted by Crippen LogP contribution is 2.46. The molecule has 3 aromatic rings. The van der Waals surface area contributed by atoms with Crippen molar-refractivity contribution in [1.29, 1.82) is 0 Å². The fourth-order valence-electron chi connectivity index (χ4n) is 5.39. The summed E-state index contributed by atoms with van der Waals surface area (Å²) in [6.07, 6.45) is 4.52. The molecular formula is C27H36N4O. The van der Waals surface area contributed by atoms with Gasteiger partial charge in [0, 0.05) is 31.4 Å². The Balaban J connectivity index is 1.80. The van der Waals surface area contributed by atoms with E-state index in [-0.39, 0.29) is 5.91 Å². The molecule has 1 fully saturated rings. The number of benzene rings is 2. The van der Waals surface area contributed by atoms with Crippen LogP contribution in [0.15, 0.2) is 42.5 Å². The van der Waals surface area contributed by atoms with Crippen molar-refractivity contribution in [1.82, 2.24) is 14.5 Å². The molecule has 1 amide bonds. The minimum Gasteiger partial charge on any atom is -0.345 e. The molecule has 0 unspecified atom stereocenters. The molecule has 4 rings (SSSR count). The summed E-state index contributed by atoms with van der Waals surface area (Å²) in [5.41, 5.74) is 5.26. The number of rotatable bonds is 5. The molecule has 1 aliphatic rings. The zero-order valence-electron chi connectivity index (χ0n) is 20.3. The molecule has 0 radical (unpaired) electrons. The Morgan fingerprint density at radius 1 is 1.16 bits per heavy atom. The third kappa shape index (κ3) is 4.52. The van der Waals surface area contributed by atoms with E-state index in [1.54, 1.807) is 19.0 Å². The summed E-state index contributed by atoms with van der Waals surface area (Å²) in [6, 6.07) is 14.9. The molecule has 1 aliphatic carbocycles. The Bertz CT molecular complexity index is 1110. The largest absolute Gasteiger partial charge is 0.345 e. The van der Waals surface area contributed by atoms with Crippen molar-refractivity contribution in [2.45, 2.75) is 59.4 Å². The standard InChI is InChI=1S/C27H36N4O/c1-7-19-8-11-21(12-9-19)28-26-29-23-15-20(25(32)30(5)6)10-13-24(23)31(26)22-14-18(2)16-27(3,4)17-22/h8-13,15,18,22H,7,14,16-17H2,1-6H3,(H,28,29)/t18-,22-/m1/s1. The topological polar surface area (TPSA) is 50.2 Å². The van der Waals surface area contributed by atoms with E-state index in [0.717, 1.165) is 41.9 Å². The summed E-state index contributed by atoms with van der Waals surface area (Å²) in [4.78, 5) is 19.1. The second-order valence-corrected chi connectivity index (χ2v) is 10.5. The van der Waals surface area contributed by atoms with Gasteiger partial charge in [-0.05, 0) is 72.9 Å². The Labute approximate surface area is 191 Å². The average molecular weight is 433 g/mol. The number of hydrogen-bond donors (Lipinski definition) is 1. The number of hydrogen-bond acceptors (Lipinski definition) is 3. The number of carbonyl (C=O) groups excluding carboxylic acids is 1. The molecule has 170 valence electrons. The van der Waals surface area contributed by atoms with Gasteiger partial charge in [-0.3, -0.25) is 4.79 Å². The van der Waals surface area contributed by atoms with Crippen molar-refractivity contribution < 1.29 is 4.79 Å². The SMILES string of the molecule is CCc1ccc(Nc2nc3cc(C(=O)N(C)C)ccc3n2[C@@H]2C[C@@H](C)CC(C)(C)C2)cc1. The first-order valence-corrected chi connectivity index (χ1v) is 11.8. The minimum atomic E-state index is -0.00136. The molecule has 0 spiro atoms. The van der Waals surface area contributed by atoms with Crippen LogP contribution in [-0.2, 0) is 6.42 Å². The van der Waals surface area contributed by atoms with E-state index < -0.39 is 0 Å². The second kappa shape index (κ2) is 8.61. The maximum absolute atomic E-state index is 12.5. The smallest absolute Gasteiger partial charge is 0.253 e. The lowest BCUT2D eigenvalue weighted by Crippen LogP contribution is -2.29.